The molecule has 19 heavy (non-hydrogen) atoms. The van der Waals surface area contributed by atoms with Gasteiger partial charge in [0.2, 0.25) is 0 Å². The van der Waals surface area contributed by atoms with Crippen molar-refractivity contribution in [1.82, 2.24) is 0 Å². The predicted octanol–water partition coefficient (Wildman–Crippen LogP) is 3.64. The first kappa shape index (κ1) is 15.2. The number of unbranched alkanes of at least 4 members (excludes halogenated alkanes) is 1. The molecule has 0 aliphatic rings. The standard InChI is InChI=1S/C16H20O3/c1-4-5-10-19-16(18)12(2)11-14-6-8-15(9-7-14)13(3)17/h6-9,11H,4-5,10H2,1-3H3/b12-11+. The number of esters is 1. The highest BCUT2D eigenvalue weighted by molar-refractivity contribution is 5.95. The first-order valence-corrected chi connectivity index (χ1v) is 6.51. The normalized spacial score (nSPS) is 11.2. The lowest BCUT2D eigenvalue weighted by Gasteiger charge is -2.04. The molecule has 0 saturated heterocycles. The molecule has 3 nitrogen and oxygen atoms in total. The number of benzene rings is 1. The van der Waals surface area contributed by atoms with Crippen molar-refractivity contribution in [3.05, 3.63) is 41.0 Å². The highest BCUT2D eigenvalue weighted by atomic mass is 16.5. The van der Waals surface area contributed by atoms with Crippen LogP contribution in [0.15, 0.2) is 29.8 Å². The number of carbonyl (C=O) groups excluding carboxylic acids is 2. The molecule has 1 rings (SSSR count). The van der Waals surface area contributed by atoms with Gasteiger partial charge in [-0.2, -0.15) is 0 Å². The topological polar surface area (TPSA) is 43.4 Å². The first-order chi connectivity index (χ1) is 9.04. The molecule has 0 fully saturated rings. The molecule has 0 spiro atoms. The van der Waals surface area contributed by atoms with E-state index in [4.69, 9.17) is 4.74 Å². The fourth-order valence-electron chi connectivity index (χ4n) is 1.55. The zero-order chi connectivity index (χ0) is 14.3. The summed E-state index contributed by atoms with van der Waals surface area (Å²) in [7, 11) is 0. The van der Waals surface area contributed by atoms with Crippen LogP contribution in [0.5, 0.6) is 0 Å². The van der Waals surface area contributed by atoms with Crippen molar-refractivity contribution in [2.75, 3.05) is 6.61 Å². The van der Waals surface area contributed by atoms with E-state index < -0.39 is 0 Å². The number of ketones is 1. The van der Waals surface area contributed by atoms with Gasteiger partial charge in [0.15, 0.2) is 5.78 Å². The Hall–Kier alpha value is -1.90. The third-order valence-corrected chi connectivity index (χ3v) is 2.75. The fraction of sp³-hybridized carbons (Fsp3) is 0.375. The largest absolute Gasteiger partial charge is 0.462 e. The van der Waals surface area contributed by atoms with E-state index in [1.165, 1.54) is 6.92 Å². The van der Waals surface area contributed by atoms with E-state index in [-0.39, 0.29) is 11.8 Å². The van der Waals surface area contributed by atoms with Gasteiger partial charge in [-0.3, -0.25) is 4.79 Å². The second-order valence-electron chi connectivity index (χ2n) is 4.50. The summed E-state index contributed by atoms with van der Waals surface area (Å²) < 4.78 is 5.12. The Labute approximate surface area is 114 Å². The van der Waals surface area contributed by atoms with Gasteiger partial charge in [0.05, 0.1) is 6.61 Å². The SMILES string of the molecule is CCCCOC(=O)/C(C)=C/c1ccc(C(C)=O)cc1. The number of hydrogen-bond donors (Lipinski definition) is 0. The van der Waals surface area contributed by atoms with Gasteiger partial charge in [0, 0.05) is 11.1 Å². The maximum absolute atomic E-state index is 11.7. The Balaban J connectivity index is 2.67. The highest BCUT2D eigenvalue weighted by Crippen LogP contribution is 2.10. The Morgan fingerprint density at radius 1 is 1.16 bits per heavy atom. The average molecular weight is 260 g/mol. The van der Waals surface area contributed by atoms with Crippen LogP contribution >= 0.6 is 0 Å². The summed E-state index contributed by atoms with van der Waals surface area (Å²) in [6.07, 6.45) is 3.65. The summed E-state index contributed by atoms with van der Waals surface area (Å²) in [4.78, 5) is 22.8. The van der Waals surface area contributed by atoms with Crippen molar-refractivity contribution in [3.8, 4) is 0 Å². The third kappa shape index (κ3) is 5.08. The zero-order valence-electron chi connectivity index (χ0n) is 11.7. The smallest absolute Gasteiger partial charge is 0.333 e. The van der Waals surface area contributed by atoms with E-state index >= 15 is 0 Å². The lowest BCUT2D eigenvalue weighted by molar-refractivity contribution is -0.138. The molecule has 1 aromatic rings. The summed E-state index contributed by atoms with van der Waals surface area (Å²) in [5.41, 5.74) is 2.11. The van der Waals surface area contributed by atoms with Crippen LogP contribution < -0.4 is 0 Å². The molecule has 0 heterocycles. The Morgan fingerprint density at radius 3 is 2.32 bits per heavy atom. The van der Waals surface area contributed by atoms with Crippen molar-refractivity contribution < 1.29 is 14.3 Å². The molecular formula is C16H20O3. The molecule has 0 bridgehead atoms. The lowest BCUT2D eigenvalue weighted by Crippen LogP contribution is -2.06. The van der Waals surface area contributed by atoms with Crippen LogP contribution in [0.1, 0.15) is 49.5 Å². The summed E-state index contributed by atoms with van der Waals surface area (Å²) in [6, 6.07) is 7.15. The van der Waals surface area contributed by atoms with E-state index in [0.29, 0.717) is 17.7 Å². The second kappa shape index (κ2) is 7.52. The van der Waals surface area contributed by atoms with Crippen LogP contribution in [-0.2, 0) is 9.53 Å². The van der Waals surface area contributed by atoms with Crippen molar-refractivity contribution >= 4 is 17.8 Å². The molecule has 1 aromatic carbocycles. The maximum atomic E-state index is 11.7. The summed E-state index contributed by atoms with van der Waals surface area (Å²) in [5.74, 6) is -0.254. The highest BCUT2D eigenvalue weighted by Gasteiger charge is 2.05. The number of rotatable bonds is 6. The van der Waals surface area contributed by atoms with E-state index in [0.717, 1.165) is 18.4 Å². The van der Waals surface area contributed by atoms with Gasteiger partial charge < -0.3 is 4.74 Å². The Kier molecular flexibility index (Phi) is 6.00. The molecule has 0 aliphatic heterocycles. The van der Waals surface area contributed by atoms with Gasteiger partial charge in [-0.25, -0.2) is 4.79 Å². The Morgan fingerprint density at radius 2 is 1.79 bits per heavy atom. The van der Waals surface area contributed by atoms with Crippen molar-refractivity contribution in [3.63, 3.8) is 0 Å². The van der Waals surface area contributed by atoms with Crippen molar-refractivity contribution in [2.45, 2.75) is 33.6 Å². The Bertz CT molecular complexity index is 469. The molecule has 102 valence electrons. The molecule has 0 amide bonds. The minimum Gasteiger partial charge on any atom is -0.462 e. The maximum Gasteiger partial charge on any atom is 0.333 e. The molecule has 0 radical (unpaired) electrons. The summed E-state index contributed by atoms with van der Waals surface area (Å²) >= 11 is 0. The van der Waals surface area contributed by atoms with Gasteiger partial charge in [0.25, 0.3) is 0 Å². The van der Waals surface area contributed by atoms with E-state index in [9.17, 15) is 9.59 Å². The zero-order valence-corrected chi connectivity index (χ0v) is 11.7. The number of hydrogen-bond acceptors (Lipinski definition) is 3. The lowest BCUT2D eigenvalue weighted by atomic mass is 10.1. The molecular weight excluding hydrogens is 240 g/mol. The average Bonchev–Trinajstić information content (AvgIpc) is 2.39. The van der Waals surface area contributed by atoms with Gasteiger partial charge >= 0.3 is 5.97 Å². The van der Waals surface area contributed by atoms with Crippen molar-refractivity contribution in [1.29, 1.82) is 0 Å². The van der Waals surface area contributed by atoms with Gasteiger partial charge in [-0.1, -0.05) is 37.6 Å². The molecule has 0 aromatic heterocycles. The second-order valence-corrected chi connectivity index (χ2v) is 4.50. The number of carbonyl (C=O) groups is 2. The monoisotopic (exact) mass is 260 g/mol. The minimum atomic E-state index is -0.288. The fourth-order valence-corrected chi connectivity index (χ4v) is 1.55. The van der Waals surface area contributed by atoms with Crippen LogP contribution in [0.2, 0.25) is 0 Å². The third-order valence-electron chi connectivity index (χ3n) is 2.75. The van der Waals surface area contributed by atoms with Gasteiger partial charge in [-0.15, -0.1) is 0 Å². The summed E-state index contributed by atoms with van der Waals surface area (Å²) in [6.45, 7) is 5.77. The van der Waals surface area contributed by atoms with Crippen LogP contribution in [0.3, 0.4) is 0 Å². The molecule has 0 saturated carbocycles. The first-order valence-electron chi connectivity index (χ1n) is 6.51. The quantitative estimate of drug-likeness (QED) is 0.339. The van der Waals surface area contributed by atoms with E-state index in [1.54, 1.807) is 25.1 Å². The molecule has 0 N–H and O–H groups in total. The van der Waals surface area contributed by atoms with Gasteiger partial charge in [-0.05, 0) is 31.9 Å². The van der Waals surface area contributed by atoms with Crippen LogP contribution in [-0.4, -0.2) is 18.4 Å². The molecule has 3 heteroatoms. The van der Waals surface area contributed by atoms with Crippen molar-refractivity contribution in [2.24, 2.45) is 0 Å². The molecule has 0 unspecified atom stereocenters. The van der Waals surface area contributed by atoms with E-state index in [1.807, 2.05) is 19.1 Å². The van der Waals surface area contributed by atoms with Crippen LogP contribution in [0.25, 0.3) is 6.08 Å². The predicted molar refractivity (Wildman–Crippen MR) is 76.0 cm³/mol. The molecule has 0 aliphatic carbocycles. The summed E-state index contributed by atoms with van der Waals surface area (Å²) in [5, 5.41) is 0. The minimum absolute atomic E-state index is 0.0335. The van der Waals surface area contributed by atoms with E-state index in [2.05, 4.69) is 0 Å². The van der Waals surface area contributed by atoms with Crippen LogP contribution in [0, 0.1) is 0 Å². The van der Waals surface area contributed by atoms with Crippen LogP contribution in [0.4, 0.5) is 0 Å². The van der Waals surface area contributed by atoms with Gasteiger partial charge in [0.1, 0.15) is 0 Å². The number of ether oxygens (including phenoxy) is 1. The molecule has 0 atom stereocenters. The number of Topliss-reactive ketones (excluding diaryl/α,β-unsaturated/α-hetero) is 1.